The van der Waals surface area contributed by atoms with Crippen molar-refractivity contribution in [3.63, 3.8) is 0 Å². The maximum absolute atomic E-state index is 6.43. The van der Waals surface area contributed by atoms with Crippen molar-refractivity contribution in [1.82, 2.24) is 15.0 Å². The first kappa shape index (κ1) is 28.2. The molecule has 0 aliphatic carbocycles. The minimum Gasteiger partial charge on any atom is -0.456 e. The van der Waals surface area contributed by atoms with Crippen LogP contribution in [-0.2, 0) is 0 Å². The van der Waals surface area contributed by atoms with Gasteiger partial charge in [-0.2, -0.15) is 0 Å². The van der Waals surface area contributed by atoms with Crippen molar-refractivity contribution in [3.8, 4) is 45.3 Å². The van der Waals surface area contributed by atoms with Gasteiger partial charge in [0.2, 0.25) is 0 Å². The zero-order chi connectivity index (χ0) is 33.5. The molecule has 7 aromatic carbocycles. The van der Waals surface area contributed by atoms with Gasteiger partial charge in [-0.1, -0.05) is 103 Å². The highest BCUT2D eigenvalue weighted by Gasteiger charge is 2.19. The minimum absolute atomic E-state index is 0.595. The van der Waals surface area contributed by atoms with E-state index in [4.69, 9.17) is 23.8 Å². The molecule has 0 amide bonds. The number of benzene rings is 7. The lowest BCUT2D eigenvalue weighted by Crippen LogP contribution is -2.00. The molecule has 11 aromatic rings. The molecule has 5 nitrogen and oxygen atoms in total. The van der Waals surface area contributed by atoms with Crippen LogP contribution in [0.3, 0.4) is 0 Å². The molecule has 0 aliphatic heterocycles. The Morgan fingerprint density at radius 2 is 0.980 bits per heavy atom. The fraction of sp³-hybridized carbons (Fsp3) is 0. The molecule has 0 fully saturated rings. The summed E-state index contributed by atoms with van der Waals surface area (Å²) in [6.45, 7) is 0. The Morgan fingerprint density at radius 3 is 1.90 bits per heavy atom. The molecule has 6 heteroatoms. The lowest BCUT2D eigenvalue weighted by atomic mass is 9.99. The molecule has 0 spiro atoms. The Hall–Kier alpha value is -6.63. The van der Waals surface area contributed by atoms with E-state index in [1.54, 1.807) is 11.3 Å². The lowest BCUT2D eigenvalue weighted by Gasteiger charge is -2.09. The molecule has 11 rings (SSSR count). The van der Waals surface area contributed by atoms with Gasteiger partial charge >= 0.3 is 0 Å². The van der Waals surface area contributed by atoms with Gasteiger partial charge in [0, 0.05) is 58.4 Å². The predicted molar refractivity (Wildman–Crippen MR) is 209 cm³/mol. The summed E-state index contributed by atoms with van der Waals surface area (Å²) in [7, 11) is 0. The third-order valence-corrected chi connectivity index (χ3v) is 10.9. The van der Waals surface area contributed by atoms with Crippen LogP contribution in [0.5, 0.6) is 0 Å². The van der Waals surface area contributed by atoms with Crippen molar-refractivity contribution in [2.75, 3.05) is 0 Å². The van der Waals surface area contributed by atoms with E-state index in [0.29, 0.717) is 17.5 Å². The van der Waals surface area contributed by atoms with Crippen molar-refractivity contribution in [2.45, 2.75) is 0 Å². The molecular formula is C45H25N3O2S. The minimum atomic E-state index is 0.595. The summed E-state index contributed by atoms with van der Waals surface area (Å²) < 4.78 is 15.1. The van der Waals surface area contributed by atoms with Crippen LogP contribution in [0.4, 0.5) is 0 Å². The van der Waals surface area contributed by atoms with Crippen LogP contribution in [0.1, 0.15) is 0 Å². The van der Waals surface area contributed by atoms with Gasteiger partial charge in [0.15, 0.2) is 17.5 Å². The second kappa shape index (κ2) is 10.9. The first-order chi connectivity index (χ1) is 25.2. The molecule has 0 radical (unpaired) electrons. The van der Waals surface area contributed by atoms with E-state index < -0.39 is 0 Å². The SMILES string of the molecule is c1ccc(-c2nc(-c3ccc4c(c3)sc3ccccc34)nc(-c3cccc4oc5ccc(-c6ccc7c(c6)oc6ccccc67)cc5c34)n2)cc1. The highest BCUT2D eigenvalue weighted by molar-refractivity contribution is 7.25. The van der Waals surface area contributed by atoms with Gasteiger partial charge in [-0.05, 0) is 59.7 Å². The van der Waals surface area contributed by atoms with Crippen LogP contribution < -0.4 is 0 Å². The summed E-state index contributed by atoms with van der Waals surface area (Å²) in [5.41, 5.74) is 8.25. The summed E-state index contributed by atoms with van der Waals surface area (Å²) in [5.74, 6) is 1.84. The molecule has 0 aliphatic rings. The van der Waals surface area contributed by atoms with Crippen LogP contribution >= 0.6 is 11.3 Å². The summed E-state index contributed by atoms with van der Waals surface area (Å²) >= 11 is 1.79. The maximum atomic E-state index is 6.43. The van der Waals surface area contributed by atoms with E-state index in [9.17, 15) is 0 Å². The molecule has 0 N–H and O–H groups in total. The number of furan rings is 2. The number of rotatable bonds is 4. The Morgan fingerprint density at radius 1 is 0.353 bits per heavy atom. The quantitative estimate of drug-likeness (QED) is 0.186. The van der Waals surface area contributed by atoms with Crippen LogP contribution in [-0.4, -0.2) is 15.0 Å². The fourth-order valence-corrected chi connectivity index (χ4v) is 8.45. The third-order valence-electron chi connectivity index (χ3n) is 9.75. The van der Waals surface area contributed by atoms with Gasteiger partial charge in [0.25, 0.3) is 0 Å². The van der Waals surface area contributed by atoms with Crippen molar-refractivity contribution in [3.05, 3.63) is 152 Å². The normalized spacial score (nSPS) is 11.9. The van der Waals surface area contributed by atoms with Gasteiger partial charge in [-0.3, -0.25) is 0 Å². The monoisotopic (exact) mass is 671 g/mol. The number of hydrogen-bond acceptors (Lipinski definition) is 6. The number of aromatic nitrogens is 3. The number of nitrogens with zero attached hydrogens (tertiary/aromatic N) is 3. The topological polar surface area (TPSA) is 65.0 Å². The van der Waals surface area contributed by atoms with Crippen LogP contribution in [0.2, 0.25) is 0 Å². The zero-order valence-electron chi connectivity index (χ0n) is 27.0. The molecule has 0 saturated carbocycles. The molecular weight excluding hydrogens is 647 g/mol. The molecule has 0 atom stereocenters. The van der Waals surface area contributed by atoms with Gasteiger partial charge in [0.1, 0.15) is 22.3 Å². The molecule has 238 valence electrons. The second-order valence-corrected chi connectivity index (χ2v) is 13.9. The van der Waals surface area contributed by atoms with Crippen LogP contribution in [0, 0.1) is 0 Å². The van der Waals surface area contributed by atoms with Crippen molar-refractivity contribution in [2.24, 2.45) is 0 Å². The van der Waals surface area contributed by atoms with E-state index >= 15 is 0 Å². The summed E-state index contributed by atoms with van der Waals surface area (Å²) in [6, 6.07) is 52.2. The molecule has 0 unspecified atom stereocenters. The Kier molecular flexibility index (Phi) is 6.05. The largest absolute Gasteiger partial charge is 0.456 e. The molecule has 0 saturated heterocycles. The van der Waals surface area contributed by atoms with Crippen LogP contribution in [0.25, 0.3) is 109 Å². The highest BCUT2D eigenvalue weighted by Crippen LogP contribution is 2.40. The standard InChI is InChI=1S/C45H25N3O2S/c1-2-9-26(10-3-1)43-46-44(29-18-21-33-32-12-5-7-16-40(32)51-41(33)25-29)48-45(47-43)34-13-8-15-38-42(34)35-23-27(19-22-37(35)49-38)28-17-20-31-30-11-4-6-14-36(30)50-39(31)24-28/h1-25H. The average molecular weight is 672 g/mol. The first-order valence-electron chi connectivity index (χ1n) is 16.8. The van der Waals surface area contributed by atoms with E-state index in [-0.39, 0.29) is 0 Å². The predicted octanol–water partition coefficient (Wildman–Crippen LogP) is 12.7. The van der Waals surface area contributed by atoms with E-state index in [1.807, 2.05) is 66.7 Å². The van der Waals surface area contributed by atoms with E-state index in [0.717, 1.165) is 71.7 Å². The number of hydrogen-bond donors (Lipinski definition) is 0. The maximum Gasteiger partial charge on any atom is 0.164 e. The summed E-state index contributed by atoms with van der Waals surface area (Å²) in [6.07, 6.45) is 0. The molecule has 0 bridgehead atoms. The molecule has 4 heterocycles. The number of para-hydroxylation sites is 1. The van der Waals surface area contributed by atoms with Crippen molar-refractivity contribution >= 4 is 75.4 Å². The Labute approximate surface area is 295 Å². The average Bonchev–Trinajstić information content (AvgIpc) is 3.88. The van der Waals surface area contributed by atoms with Gasteiger partial charge in [0.05, 0.1) is 0 Å². The van der Waals surface area contributed by atoms with Gasteiger partial charge in [-0.25, -0.2) is 15.0 Å². The van der Waals surface area contributed by atoms with Gasteiger partial charge in [-0.15, -0.1) is 11.3 Å². The zero-order valence-corrected chi connectivity index (χ0v) is 27.8. The first-order valence-corrected chi connectivity index (χ1v) is 17.7. The second-order valence-electron chi connectivity index (χ2n) is 12.8. The molecule has 51 heavy (non-hydrogen) atoms. The summed E-state index contributed by atoms with van der Waals surface area (Å²) in [5, 5.41) is 6.70. The third kappa shape index (κ3) is 4.50. The smallest absolute Gasteiger partial charge is 0.164 e. The van der Waals surface area contributed by atoms with E-state index in [1.165, 1.54) is 20.2 Å². The Bertz CT molecular complexity index is 3160. The lowest BCUT2D eigenvalue weighted by molar-refractivity contribution is 0.669. The Balaban J connectivity index is 1.10. The fourth-order valence-electron chi connectivity index (χ4n) is 7.30. The summed E-state index contributed by atoms with van der Waals surface area (Å²) in [4.78, 5) is 15.3. The number of fused-ring (bicyclic) bond motifs is 9. The number of thiophene rings is 1. The van der Waals surface area contributed by atoms with Crippen molar-refractivity contribution < 1.29 is 8.83 Å². The van der Waals surface area contributed by atoms with Crippen molar-refractivity contribution in [1.29, 1.82) is 0 Å². The van der Waals surface area contributed by atoms with Gasteiger partial charge < -0.3 is 8.83 Å². The highest BCUT2D eigenvalue weighted by atomic mass is 32.1. The van der Waals surface area contributed by atoms with Crippen LogP contribution in [0.15, 0.2) is 160 Å². The van der Waals surface area contributed by atoms with E-state index in [2.05, 4.69) is 84.9 Å². The molecule has 4 aromatic heterocycles.